The lowest BCUT2D eigenvalue weighted by atomic mass is 9.89. The monoisotopic (exact) mass is 273 g/mol. The molecule has 4 heteroatoms. The van der Waals surface area contributed by atoms with E-state index in [2.05, 4.69) is 34.8 Å². The van der Waals surface area contributed by atoms with E-state index in [1.165, 1.54) is 0 Å². The van der Waals surface area contributed by atoms with Gasteiger partial charge in [-0.25, -0.2) is 4.98 Å². The number of fused-ring (bicyclic) bond motifs is 1. The van der Waals surface area contributed by atoms with Crippen LogP contribution in [0.4, 0.5) is 0 Å². The average molecular weight is 273 g/mol. The van der Waals surface area contributed by atoms with Crippen LogP contribution < -0.4 is 5.32 Å². The first-order valence-electron chi connectivity index (χ1n) is 7.52. The van der Waals surface area contributed by atoms with Gasteiger partial charge in [0.05, 0.1) is 23.5 Å². The Morgan fingerprint density at radius 3 is 2.95 bits per heavy atom. The van der Waals surface area contributed by atoms with Gasteiger partial charge in [-0.2, -0.15) is 0 Å². The molecule has 2 unspecified atom stereocenters. The Morgan fingerprint density at radius 2 is 2.25 bits per heavy atom. The van der Waals surface area contributed by atoms with Crippen molar-refractivity contribution >= 4 is 11.0 Å². The first-order valence-corrected chi connectivity index (χ1v) is 7.52. The molecule has 1 aliphatic heterocycles. The molecule has 1 saturated heterocycles. The Balaban J connectivity index is 1.88. The van der Waals surface area contributed by atoms with Gasteiger partial charge in [0, 0.05) is 18.5 Å². The molecule has 1 aliphatic rings. The largest absolute Gasteiger partial charge is 0.388 e. The molecule has 2 heterocycles. The van der Waals surface area contributed by atoms with Crippen LogP contribution in [0.3, 0.4) is 0 Å². The number of hydrogen-bond donors (Lipinski definition) is 2. The smallest absolute Gasteiger partial charge is 0.0960 e. The van der Waals surface area contributed by atoms with Gasteiger partial charge >= 0.3 is 0 Å². The third-order valence-electron chi connectivity index (χ3n) is 4.28. The van der Waals surface area contributed by atoms with Gasteiger partial charge in [-0.3, -0.25) is 0 Å². The van der Waals surface area contributed by atoms with Gasteiger partial charge in [-0.1, -0.05) is 6.07 Å². The summed E-state index contributed by atoms with van der Waals surface area (Å²) < 4.78 is 2.16. The second kappa shape index (κ2) is 5.54. The minimum Gasteiger partial charge on any atom is -0.388 e. The highest BCUT2D eigenvalue weighted by Crippen LogP contribution is 2.29. The van der Waals surface area contributed by atoms with Crippen molar-refractivity contribution in [2.24, 2.45) is 5.92 Å². The topological polar surface area (TPSA) is 50.1 Å². The van der Waals surface area contributed by atoms with Crippen molar-refractivity contribution in [3.8, 4) is 0 Å². The number of nitrogens with zero attached hydrogens (tertiary/aromatic N) is 2. The van der Waals surface area contributed by atoms with E-state index < -0.39 is 6.10 Å². The Labute approximate surface area is 119 Å². The molecule has 2 atom stereocenters. The minimum atomic E-state index is -0.392. The molecular weight excluding hydrogens is 250 g/mol. The van der Waals surface area contributed by atoms with Crippen molar-refractivity contribution < 1.29 is 5.11 Å². The zero-order valence-corrected chi connectivity index (χ0v) is 12.2. The number of imidazole rings is 1. The zero-order valence-electron chi connectivity index (χ0n) is 12.2. The molecule has 20 heavy (non-hydrogen) atoms. The van der Waals surface area contributed by atoms with Crippen LogP contribution in [-0.2, 0) is 0 Å². The molecule has 1 fully saturated rings. The lowest BCUT2D eigenvalue weighted by molar-refractivity contribution is 0.0923. The predicted octanol–water partition coefficient (Wildman–Crippen LogP) is 2.65. The molecule has 2 aromatic rings. The van der Waals surface area contributed by atoms with Crippen molar-refractivity contribution in [1.29, 1.82) is 0 Å². The SMILES string of the molecule is CC(C)n1cnc2cc(C(O)C3CCCNC3)ccc21. The summed E-state index contributed by atoms with van der Waals surface area (Å²) in [6.45, 7) is 6.27. The number of aliphatic hydroxyl groups is 1. The molecule has 4 nitrogen and oxygen atoms in total. The van der Waals surface area contributed by atoms with Crippen LogP contribution in [0.25, 0.3) is 11.0 Å². The van der Waals surface area contributed by atoms with E-state index in [0.717, 1.165) is 42.5 Å². The Kier molecular flexibility index (Phi) is 3.76. The van der Waals surface area contributed by atoms with E-state index in [1.54, 1.807) is 0 Å². The molecule has 1 aromatic carbocycles. The van der Waals surface area contributed by atoms with Crippen LogP contribution in [0.15, 0.2) is 24.5 Å². The van der Waals surface area contributed by atoms with Gasteiger partial charge in [-0.15, -0.1) is 0 Å². The summed E-state index contributed by atoms with van der Waals surface area (Å²) in [6.07, 6.45) is 3.73. The van der Waals surface area contributed by atoms with E-state index in [0.29, 0.717) is 12.0 Å². The fourth-order valence-electron chi connectivity index (χ4n) is 3.06. The van der Waals surface area contributed by atoms with Crippen LogP contribution in [0.1, 0.15) is 44.4 Å². The highest BCUT2D eigenvalue weighted by molar-refractivity contribution is 5.76. The van der Waals surface area contributed by atoms with E-state index in [1.807, 2.05) is 18.5 Å². The maximum absolute atomic E-state index is 10.5. The number of benzene rings is 1. The van der Waals surface area contributed by atoms with E-state index >= 15 is 0 Å². The third-order valence-corrected chi connectivity index (χ3v) is 4.28. The first kappa shape index (κ1) is 13.6. The van der Waals surface area contributed by atoms with Crippen molar-refractivity contribution in [2.45, 2.75) is 38.8 Å². The molecule has 0 radical (unpaired) electrons. The van der Waals surface area contributed by atoms with Crippen LogP contribution in [-0.4, -0.2) is 27.7 Å². The van der Waals surface area contributed by atoms with Gasteiger partial charge in [-0.05, 0) is 50.9 Å². The standard InChI is InChI=1S/C16H23N3O/c1-11(2)19-10-18-14-8-12(5-6-15(14)19)16(20)13-4-3-7-17-9-13/h5-6,8,10-11,13,16-17,20H,3-4,7,9H2,1-2H3. The van der Waals surface area contributed by atoms with Crippen LogP contribution in [0.5, 0.6) is 0 Å². The van der Waals surface area contributed by atoms with Gasteiger partial charge < -0.3 is 15.0 Å². The predicted molar refractivity (Wildman–Crippen MR) is 80.7 cm³/mol. The highest BCUT2D eigenvalue weighted by atomic mass is 16.3. The fraction of sp³-hybridized carbons (Fsp3) is 0.562. The fourth-order valence-corrected chi connectivity index (χ4v) is 3.06. The maximum atomic E-state index is 10.5. The number of aromatic nitrogens is 2. The molecular formula is C16H23N3O. The summed E-state index contributed by atoms with van der Waals surface area (Å²) >= 11 is 0. The van der Waals surface area contributed by atoms with Crippen molar-refractivity contribution in [2.75, 3.05) is 13.1 Å². The number of nitrogens with one attached hydrogen (secondary N) is 1. The second-order valence-corrected chi connectivity index (χ2v) is 6.05. The van der Waals surface area contributed by atoms with E-state index in [9.17, 15) is 5.11 Å². The molecule has 0 amide bonds. The van der Waals surface area contributed by atoms with Crippen LogP contribution >= 0.6 is 0 Å². The Hall–Kier alpha value is -1.39. The lowest BCUT2D eigenvalue weighted by Crippen LogP contribution is -2.33. The third kappa shape index (κ3) is 2.45. The quantitative estimate of drug-likeness (QED) is 0.904. The summed E-state index contributed by atoms with van der Waals surface area (Å²) in [7, 11) is 0. The van der Waals surface area contributed by atoms with Gasteiger partial charge in [0.15, 0.2) is 0 Å². The molecule has 0 spiro atoms. The van der Waals surface area contributed by atoms with Gasteiger partial charge in [0.25, 0.3) is 0 Å². The maximum Gasteiger partial charge on any atom is 0.0960 e. The molecule has 3 rings (SSSR count). The first-order chi connectivity index (χ1) is 9.66. The van der Waals surface area contributed by atoms with Crippen LogP contribution in [0.2, 0.25) is 0 Å². The number of rotatable bonds is 3. The Morgan fingerprint density at radius 1 is 1.40 bits per heavy atom. The average Bonchev–Trinajstić information content (AvgIpc) is 2.90. The number of piperidine rings is 1. The molecule has 108 valence electrons. The number of aliphatic hydroxyl groups excluding tert-OH is 1. The summed E-state index contributed by atoms with van der Waals surface area (Å²) in [5, 5.41) is 13.9. The van der Waals surface area contributed by atoms with Crippen molar-refractivity contribution in [3.05, 3.63) is 30.1 Å². The molecule has 1 aromatic heterocycles. The molecule has 0 saturated carbocycles. The van der Waals surface area contributed by atoms with Crippen molar-refractivity contribution in [1.82, 2.24) is 14.9 Å². The van der Waals surface area contributed by atoms with E-state index in [4.69, 9.17) is 0 Å². The number of hydrogen-bond acceptors (Lipinski definition) is 3. The molecule has 0 aliphatic carbocycles. The minimum absolute atomic E-state index is 0.313. The summed E-state index contributed by atoms with van der Waals surface area (Å²) in [5.74, 6) is 0.313. The lowest BCUT2D eigenvalue weighted by Gasteiger charge is -2.27. The zero-order chi connectivity index (χ0) is 14.1. The Bertz CT molecular complexity index is 584. The van der Waals surface area contributed by atoms with Gasteiger partial charge in [0.1, 0.15) is 0 Å². The van der Waals surface area contributed by atoms with E-state index in [-0.39, 0.29) is 0 Å². The summed E-state index contributed by atoms with van der Waals surface area (Å²) in [4.78, 5) is 4.46. The summed E-state index contributed by atoms with van der Waals surface area (Å²) in [6, 6.07) is 6.56. The second-order valence-electron chi connectivity index (χ2n) is 6.05. The molecule has 0 bridgehead atoms. The van der Waals surface area contributed by atoms with Gasteiger partial charge in [0.2, 0.25) is 0 Å². The summed E-state index contributed by atoms with van der Waals surface area (Å²) in [5.41, 5.74) is 3.09. The highest BCUT2D eigenvalue weighted by Gasteiger charge is 2.23. The normalized spacial score (nSPS) is 21.5. The van der Waals surface area contributed by atoms with Crippen molar-refractivity contribution in [3.63, 3.8) is 0 Å². The van der Waals surface area contributed by atoms with Crippen LogP contribution in [0, 0.1) is 5.92 Å². The molecule has 2 N–H and O–H groups in total.